The molecule has 97 heavy (non-hydrogen) atoms. The molecule has 0 rings (SSSR count). The van der Waals surface area contributed by atoms with Crippen molar-refractivity contribution in [2.75, 3.05) is 47.5 Å². The van der Waals surface area contributed by atoms with Crippen LogP contribution in [0.1, 0.15) is 373 Å². The van der Waals surface area contributed by atoms with Gasteiger partial charge < -0.3 is 28.5 Å². The standard InChI is InChI=1S/C88H155NO8/c1-6-8-10-12-14-16-18-20-22-24-26-28-30-32-34-36-38-40-42-43-45-46-48-50-52-54-56-58-60-62-64-66-68-70-72-74-76-78-85(90)95-82-84(83-96-88(87(92)93)94-81-80-89(3,4)5)97-86(91)79-77-75-73-71-69-67-65-63-61-59-57-55-53-51-49-47-44-41-39-37-35-33-31-29-27-25-23-21-19-17-15-13-11-9-7-2/h9,11,15,17-18,20-21,23-24,26-27,29,33,35,39,41,47,49,84,88H,6-8,10,12-14,16,19,22,25,28,30-32,34,36-38,40,42-46,48,50-83H2,1-5H3/p+1/b11-9-,17-15-,20-18-,23-21-,26-24-,29-27-,35-33-,41-39-,49-47-. The summed E-state index contributed by atoms with van der Waals surface area (Å²) in [6.45, 7) is 4.80. The van der Waals surface area contributed by atoms with Crippen LogP contribution in [0.2, 0.25) is 0 Å². The van der Waals surface area contributed by atoms with Crippen molar-refractivity contribution in [3.63, 3.8) is 0 Å². The number of ether oxygens (including phenoxy) is 4. The summed E-state index contributed by atoms with van der Waals surface area (Å²) in [5.41, 5.74) is 0. The van der Waals surface area contributed by atoms with Gasteiger partial charge in [-0.15, -0.1) is 0 Å². The lowest BCUT2D eigenvalue weighted by molar-refractivity contribution is -0.870. The molecule has 0 saturated carbocycles. The second-order valence-corrected chi connectivity index (χ2v) is 28.7. The van der Waals surface area contributed by atoms with E-state index in [4.69, 9.17) is 18.9 Å². The summed E-state index contributed by atoms with van der Waals surface area (Å²) < 4.78 is 23.1. The molecule has 0 aliphatic rings. The number of hydrogen-bond donors (Lipinski definition) is 1. The number of unbranched alkanes of at least 4 members (excludes halogenated alkanes) is 43. The molecular weight excluding hydrogens is 1200 g/mol. The Morgan fingerprint density at radius 2 is 0.588 bits per heavy atom. The second-order valence-electron chi connectivity index (χ2n) is 28.7. The first kappa shape index (κ1) is 93.0. The van der Waals surface area contributed by atoms with Gasteiger partial charge in [0.1, 0.15) is 13.2 Å². The van der Waals surface area contributed by atoms with E-state index in [1.807, 2.05) is 21.1 Å². The number of rotatable bonds is 76. The van der Waals surface area contributed by atoms with Crippen LogP contribution in [-0.4, -0.2) is 87.4 Å². The minimum Gasteiger partial charge on any atom is -0.477 e. The first-order valence-corrected chi connectivity index (χ1v) is 41.1. The normalized spacial score (nSPS) is 13.2. The van der Waals surface area contributed by atoms with Gasteiger partial charge in [-0.1, -0.05) is 367 Å². The Morgan fingerprint density at radius 1 is 0.320 bits per heavy atom. The topological polar surface area (TPSA) is 108 Å². The largest absolute Gasteiger partial charge is 0.477 e. The van der Waals surface area contributed by atoms with E-state index < -0.39 is 24.3 Å². The number of carboxylic acid groups (broad SMARTS) is 1. The van der Waals surface area contributed by atoms with E-state index in [-0.39, 0.29) is 32.2 Å². The minimum atomic E-state index is -1.52. The van der Waals surface area contributed by atoms with Crippen molar-refractivity contribution in [3.8, 4) is 0 Å². The van der Waals surface area contributed by atoms with Gasteiger partial charge in [0.2, 0.25) is 0 Å². The van der Waals surface area contributed by atoms with E-state index in [9.17, 15) is 19.5 Å². The molecule has 0 spiro atoms. The molecule has 0 aromatic heterocycles. The summed E-state index contributed by atoms with van der Waals surface area (Å²) in [5.74, 6) is -1.99. The van der Waals surface area contributed by atoms with Crippen LogP contribution < -0.4 is 0 Å². The predicted molar refractivity (Wildman–Crippen MR) is 419 cm³/mol. The lowest BCUT2D eigenvalue weighted by Gasteiger charge is -2.25. The van der Waals surface area contributed by atoms with Crippen LogP contribution in [-0.2, 0) is 33.3 Å². The fourth-order valence-corrected chi connectivity index (χ4v) is 11.8. The highest BCUT2D eigenvalue weighted by molar-refractivity contribution is 5.71. The third-order valence-electron chi connectivity index (χ3n) is 18.0. The number of hydrogen-bond acceptors (Lipinski definition) is 7. The third-order valence-corrected chi connectivity index (χ3v) is 18.0. The van der Waals surface area contributed by atoms with Crippen LogP contribution in [0.4, 0.5) is 0 Å². The first-order valence-electron chi connectivity index (χ1n) is 41.1. The van der Waals surface area contributed by atoms with Crippen LogP contribution >= 0.6 is 0 Å². The zero-order valence-electron chi connectivity index (χ0n) is 64.2. The van der Waals surface area contributed by atoms with Crippen LogP contribution in [0.3, 0.4) is 0 Å². The van der Waals surface area contributed by atoms with Crippen molar-refractivity contribution in [2.45, 2.75) is 386 Å². The molecule has 9 heteroatoms. The Labute approximate surface area is 600 Å². The zero-order chi connectivity index (χ0) is 70.4. The molecule has 560 valence electrons. The Hall–Kier alpha value is -4.05. The number of carbonyl (C=O) groups excluding carboxylic acids is 2. The number of aliphatic carboxylic acids is 1. The summed E-state index contributed by atoms with van der Waals surface area (Å²) in [7, 11) is 5.99. The average Bonchev–Trinajstić information content (AvgIpc) is 3.74. The summed E-state index contributed by atoms with van der Waals surface area (Å²) in [5, 5.41) is 9.78. The number of esters is 2. The van der Waals surface area contributed by atoms with E-state index in [2.05, 4.69) is 123 Å². The molecule has 0 aliphatic heterocycles. The summed E-state index contributed by atoms with van der Waals surface area (Å²) in [6, 6.07) is 0. The summed E-state index contributed by atoms with van der Waals surface area (Å²) in [4.78, 5) is 37.8. The number of nitrogens with zero attached hydrogens (tertiary/aromatic N) is 1. The highest BCUT2D eigenvalue weighted by Gasteiger charge is 2.25. The second kappa shape index (κ2) is 77.7. The lowest BCUT2D eigenvalue weighted by atomic mass is 10.0. The minimum absolute atomic E-state index is 0.182. The molecule has 1 N–H and O–H groups in total. The molecule has 0 bridgehead atoms. The van der Waals surface area contributed by atoms with E-state index in [1.165, 1.54) is 257 Å². The molecule has 0 aromatic rings. The average molecular weight is 1360 g/mol. The predicted octanol–water partition coefficient (Wildman–Crippen LogP) is 26.5. The fraction of sp³-hybridized carbons (Fsp3) is 0.761. The van der Waals surface area contributed by atoms with Crippen LogP contribution in [0.15, 0.2) is 109 Å². The molecule has 0 heterocycles. The number of allylic oxidation sites excluding steroid dienone is 18. The van der Waals surface area contributed by atoms with Crippen molar-refractivity contribution in [1.82, 2.24) is 0 Å². The molecule has 0 radical (unpaired) electrons. The van der Waals surface area contributed by atoms with Crippen molar-refractivity contribution in [1.29, 1.82) is 0 Å². The van der Waals surface area contributed by atoms with E-state index in [1.54, 1.807) is 0 Å². The van der Waals surface area contributed by atoms with Gasteiger partial charge in [0.05, 0.1) is 34.4 Å². The van der Waals surface area contributed by atoms with Crippen molar-refractivity contribution in [2.24, 2.45) is 0 Å². The van der Waals surface area contributed by atoms with Gasteiger partial charge in [-0.05, 0) is 103 Å². The fourth-order valence-electron chi connectivity index (χ4n) is 11.8. The number of carbonyl (C=O) groups is 3. The Balaban J connectivity index is 4.01. The van der Waals surface area contributed by atoms with E-state index in [0.717, 1.165) is 89.9 Å². The van der Waals surface area contributed by atoms with Gasteiger partial charge in [0.25, 0.3) is 6.29 Å². The number of carboxylic acids is 1. The highest BCUT2D eigenvalue weighted by atomic mass is 16.7. The van der Waals surface area contributed by atoms with Crippen molar-refractivity contribution < 1.29 is 42.9 Å². The van der Waals surface area contributed by atoms with Gasteiger partial charge in [0, 0.05) is 12.8 Å². The number of quaternary nitrogens is 1. The van der Waals surface area contributed by atoms with Crippen LogP contribution in [0.5, 0.6) is 0 Å². The zero-order valence-corrected chi connectivity index (χ0v) is 64.2. The van der Waals surface area contributed by atoms with Gasteiger partial charge in [-0.25, -0.2) is 4.79 Å². The maximum absolute atomic E-state index is 13.0. The van der Waals surface area contributed by atoms with Crippen LogP contribution in [0, 0.1) is 0 Å². The molecule has 0 aliphatic carbocycles. The molecule has 0 aromatic carbocycles. The van der Waals surface area contributed by atoms with Crippen molar-refractivity contribution in [3.05, 3.63) is 109 Å². The first-order chi connectivity index (χ1) is 47.6. The molecule has 9 nitrogen and oxygen atoms in total. The van der Waals surface area contributed by atoms with Crippen molar-refractivity contribution >= 4 is 17.9 Å². The molecule has 2 atom stereocenters. The SMILES string of the molecule is CC/C=C\C/C=C\C/C=C\C/C=C\C/C=C\C/C=C\C/C=C\CCCCCCCCCCCCCCCC(=O)OC(COC(=O)CCCCCCCCCCCCCCCCCCCCCCCCCCC/C=C\C/C=C\CCCCCCC)COC(OCC[N+](C)(C)C)C(=O)O. The van der Waals surface area contributed by atoms with Crippen LogP contribution in [0.25, 0.3) is 0 Å². The highest BCUT2D eigenvalue weighted by Crippen LogP contribution is 2.19. The number of likely N-dealkylation sites (N-methyl/N-ethyl adjacent to an activating group) is 1. The molecule has 2 unspecified atom stereocenters. The maximum Gasteiger partial charge on any atom is 0.361 e. The summed E-state index contributed by atoms with van der Waals surface area (Å²) in [6.07, 6.45) is 107. The van der Waals surface area contributed by atoms with Gasteiger partial charge in [-0.2, -0.15) is 0 Å². The lowest BCUT2D eigenvalue weighted by Crippen LogP contribution is -2.40. The molecular formula is C88H156NO8+. The molecule has 0 amide bonds. The quantitative estimate of drug-likeness (QED) is 0.0211. The Bertz CT molecular complexity index is 1970. The third kappa shape index (κ3) is 79.2. The van der Waals surface area contributed by atoms with Gasteiger partial charge >= 0.3 is 17.9 Å². The monoisotopic (exact) mass is 1360 g/mol. The molecule has 0 saturated heterocycles. The Kier molecular flexibility index (Phi) is 74.4. The van der Waals surface area contributed by atoms with Gasteiger partial charge in [0.15, 0.2) is 6.10 Å². The smallest absolute Gasteiger partial charge is 0.361 e. The van der Waals surface area contributed by atoms with E-state index in [0.29, 0.717) is 17.4 Å². The maximum atomic E-state index is 13.0. The Morgan fingerprint density at radius 3 is 0.876 bits per heavy atom. The van der Waals surface area contributed by atoms with E-state index >= 15 is 0 Å². The molecule has 0 fully saturated rings. The van der Waals surface area contributed by atoms with Gasteiger partial charge in [-0.3, -0.25) is 9.59 Å². The summed E-state index contributed by atoms with van der Waals surface area (Å²) >= 11 is 0.